The van der Waals surface area contributed by atoms with Crippen molar-refractivity contribution in [1.82, 2.24) is 14.9 Å². The molecule has 2 N–H and O–H groups in total. The molecule has 130 valence electrons. The van der Waals surface area contributed by atoms with Crippen LogP contribution in [0.1, 0.15) is 35.8 Å². The summed E-state index contributed by atoms with van der Waals surface area (Å²) in [6.07, 6.45) is 1.59. The third kappa shape index (κ3) is 3.55. The van der Waals surface area contributed by atoms with E-state index in [-0.39, 0.29) is 23.9 Å². The number of furan rings is 1. The van der Waals surface area contributed by atoms with Gasteiger partial charge in [0.25, 0.3) is 0 Å². The van der Waals surface area contributed by atoms with Gasteiger partial charge >= 0.3 is 5.97 Å². The summed E-state index contributed by atoms with van der Waals surface area (Å²) in [4.78, 5) is 27.5. The number of benzene rings is 1. The van der Waals surface area contributed by atoms with Gasteiger partial charge in [0.15, 0.2) is 0 Å². The Morgan fingerprint density at radius 2 is 2.12 bits per heavy atom. The molecule has 25 heavy (non-hydrogen) atoms. The topological polar surface area (TPSA) is 97.4 Å². The number of hydrogen-bond acceptors (Lipinski definition) is 4. The number of amides is 1. The Morgan fingerprint density at radius 1 is 1.32 bits per heavy atom. The van der Waals surface area contributed by atoms with E-state index in [0.717, 1.165) is 11.3 Å². The lowest BCUT2D eigenvalue weighted by Crippen LogP contribution is -2.28. The fraction of sp³-hybridized carbons (Fsp3) is 0.278. The lowest BCUT2D eigenvalue weighted by molar-refractivity contribution is -0.124. The molecule has 7 nitrogen and oxygen atoms in total. The van der Waals surface area contributed by atoms with Crippen LogP contribution in [0.15, 0.2) is 41.0 Å². The van der Waals surface area contributed by atoms with E-state index in [1.807, 2.05) is 24.5 Å². The summed E-state index contributed by atoms with van der Waals surface area (Å²) in [6, 6.07) is 8.46. The van der Waals surface area contributed by atoms with Gasteiger partial charge in [0, 0.05) is 5.92 Å². The molecule has 0 atom stereocenters. The van der Waals surface area contributed by atoms with E-state index >= 15 is 0 Å². The maximum atomic E-state index is 11.9. The minimum atomic E-state index is -1.00. The first-order valence-corrected chi connectivity index (χ1v) is 7.98. The maximum Gasteiger partial charge on any atom is 0.335 e. The van der Waals surface area contributed by atoms with Crippen molar-refractivity contribution in [1.29, 1.82) is 0 Å². The lowest BCUT2D eigenvalue weighted by atomic mass is 10.2. The van der Waals surface area contributed by atoms with Crippen LogP contribution in [-0.4, -0.2) is 26.5 Å². The molecule has 0 saturated heterocycles. The number of carboxylic acid groups (broad SMARTS) is 1. The molecule has 1 amide bonds. The van der Waals surface area contributed by atoms with Crippen molar-refractivity contribution in [2.45, 2.75) is 26.9 Å². The molecule has 0 aliphatic carbocycles. The first kappa shape index (κ1) is 16.8. The second-order valence-electron chi connectivity index (χ2n) is 6.07. The largest absolute Gasteiger partial charge is 0.478 e. The number of rotatable bonds is 6. The van der Waals surface area contributed by atoms with Crippen molar-refractivity contribution in [2.24, 2.45) is 5.92 Å². The minimum absolute atomic E-state index is 0.0668. The van der Waals surface area contributed by atoms with Gasteiger partial charge in [0.05, 0.1) is 35.9 Å². The number of carbonyl (C=O) groups excluding carboxylic acids is 1. The Kier molecular flexibility index (Phi) is 4.56. The predicted octanol–water partition coefficient (Wildman–Crippen LogP) is 2.65. The normalized spacial score (nSPS) is 11.2. The molecular formula is C18H19N3O4. The first-order chi connectivity index (χ1) is 12.0. The smallest absolute Gasteiger partial charge is 0.335 e. The Bertz CT molecular complexity index is 910. The summed E-state index contributed by atoms with van der Waals surface area (Å²) in [7, 11) is 0. The van der Waals surface area contributed by atoms with Crippen LogP contribution in [0.25, 0.3) is 11.0 Å². The maximum absolute atomic E-state index is 11.9. The van der Waals surface area contributed by atoms with Gasteiger partial charge in [-0.2, -0.15) is 0 Å². The summed E-state index contributed by atoms with van der Waals surface area (Å²) in [5, 5.41) is 12.0. The fourth-order valence-electron chi connectivity index (χ4n) is 2.55. The molecule has 3 rings (SSSR count). The molecule has 2 aromatic heterocycles. The Balaban J connectivity index is 1.99. The molecule has 0 aliphatic heterocycles. The summed E-state index contributed by atoms with van der Waals surface area (Å²) in [6.45, 7) is 4.35. The van der Waals surface area contributed by atoms with Gasteiger partial charge in [-0.05, 0) is 30.3 Å². The first-order valence-electron chi connectivity index (χ1n) is 7.98. The standard InChI is InChI=1S/C18H19N3O4/c1-11(2)17(22)19-9-16-20-14-8-12(18(23)24)5-6-15(14)21(16)10-13-4-3-7-25-13/h3-8,11H,9-10H2,1-2H3,(H,19,22)(H,23,24). The van der Waals surface area contributed by atoms with Crippen molar-refractivity contribution in [2.75, 3.05) is 0 Å². The van der Waals surface area contributed by atoms with Crippen molar-refractivity contribution < 1.29 is 19.1 Å². The molecule has 0 saturated carbocycles. The van der Waals surface area contributed by atoms with E-state index in [4.69, 9.17) is 9.52 Å². The van der Waals surface area contributed by atoms with E-state index in [1.54, 1.807) is 24.5 Å². The van der Waals surface area contributed by atoms with Gasteiger partial charge < -0.3 is 19.4 Å². The number of nitrogens with zero attached hydrogens (tertiary/aromatic N) is 2. The highest BCUT2D eigenvalue weighted by atomic mass is 16.4. The van der Waals surface area contributed by atoms with E-state index in [9.17, 15) is 9.59 Å². The fourth-order valence-corrected chi connectivity index (χ4v) is 2.55. The molecule has 0 radical (unpaired) electrons. The summed E-state index contributed by atoms with van der Waals surface area (Å²) in [5.74, 6) is 0.197. The van der Waals surface area contributed by atoms with E-state index in [0.29, 0.717) is 17.9 Å². The van der Waals surface area contributed by atoms with Gasteiger partial charge in [-0.15, -0.1) is 0 Å². The van der Waals surface area contributed by atoms with Crippen molar-refractivity contribution >= 4 is 22.9 Å². The lowest BCUT2D eigenvalue weighted by Gasteiger charge is -2.10. The number of hydrogen-bond donors (Lipinski definition) is 2. The van der Waals surface area contributed by atoms with Crippen LogP contribution >= 0.6 is 0 Å². The van der Waals surface area contributed by atoms with E-state index in [1.165, 1.54) is 6.07 Å². The molecule has 0 bridgehead atoms. The second kappa shape index (κ2) is 6.80. The van der Waals surface area contributed by atoms with Crippen molar-refractivity contribution in [3.63, 3.8) is 0 Å². The van der Waals surface area contributed by atoms with Crippen molar-refractivity contribution in [3.05, 3.63) is 53.7 Å². The van der Waals surface area contributed by atoms with Gasteiger partial charge in [-0.3, -0.25) is 4.79 Å². The average Bonchev–Trinajstić information content (AvgIpc) is 3.20. The third-order valence-electron chi connectivity index (χ3n) is 3.91. The van der Waals surface area contributed by atoms with Crippen LogP contribution in [0.5, 0.6) is 0 Å². The summed E-state index contributed by atoms with van der Waals surface area (Å²) < 4.78 is 7.32. The molecule has 1 aromatic carbocycles. The highest BCUT2D eigenvalue weighted by Gasteiger charge is 2.16. The Hall–Kier alpha value is -3.09. The highest BCUT2D eigenvalue weighted by molar-refractivity contribution is 5.92. The molecule has 3 aromatic rings. The zero-order valence-corrected chi connectivity index (χ0v) is 14.0. The van der Waals surface area contributed by atoms with Gasteiger partial charge in [-0.25, -0.2) is 9.78 Å². The predicted molar refractivity (Wildman–Crippen MR) is 91.2 cm³/mol. The Morgan fingerprint density at radius 3 is 2.76 bits per heavy atom. The van der Waals surface area contributed by atoms with Gasteiger partial charge in [0.1, 0.15) is 11.6 Å². The van der Waals surface area contributed by atoms with Crippen LogP contribution < -0.4 is 5.32 Å². The van der Waals surface area contributed by atoms with E-state index < -0.39 is 5.97 Å². The number of imidazole rings is 1. The quantitative estimate of drug-likeness (QED) is 0.718. The molecule has 7 heteroatoms. The number of nitrogens with one attached hydrogen (secondary N) is 1. The SMILES string of the molecule is CC(C)C(=O)NCc1nc2cc(C(=O)O)ccc2n1Cc1ccco1. The molecule has 2 heterocycles. The van der Waals surface area contributed by atoms with Gasteiger partial charge in [0.2, 0.25) is 5.91 Å². The minimum Gasteiger partial charge on any atom is -0.478 e. The van der Waals surface area contributed by atoms with Crippen LogP contribution in [-0.2, 0) is 17.9 Å². The summed E-state index contributed by atoms with van der Waals surface area (Å²) >= 11 is 0. The number of fused-ring (bicyclic) bond motifs is 1. The molecule has 0 spiro atoms. The van der Waals surface area contributed by atoms with Crippen LogP contribution in [0, 0.1) is 5.92 Å². The summed E-state index contributed by atoms with van der Waals surface area (Å²) in [5.41, 5.74) is 1.53. The van der Waals surface area contributed by atoms with Crippen molar-refractivity contribution in [3.8, 4) is 0 Å². The zero-order valence-electron chi connectivity index (χ0n) is 14.0. The molecule has 0 unspecified atom stereocenters. The number of aromatic nitrogens is 2. The number of aromatic carboxylic acids is 1. The number of carbonyl (C=O) groups is 2. The molecule has 0 fully saturated rings. The highest BCUT2D eigenvalue weighted by Crippen LogP contribution is 2.20. The van der Waals surface area contributed by atoms with Crippen LogP contribution in [0.3, 0.4) is 0 Å². The Labute approximate surface area is 144 Å². The van der Waals surface area contributed by atoms with E-state index in [2.05, 4.69) is 10.3 Å². The average molecular weight is 341 g/mol. The molecule has 0 aliphatic rings. The zero-order chi connectivity index (χ0) is 18.0. The molecular weight excluding hydrogens is 322 g/mol. The van der Waals surface area contributed by atoms with Gasteiger partial charge in [-0.1, -0.05) is 13.8 Å². The van der Waals surface area contributed by atoms with Crippen LogP contribution in [0.2, 0.25) is 0 Å². The number of carboxylic acids is 1. The second-order valence-corrected chi connectivity index (χ2v) is 6.07. The van der Waals surface area contributed by atoms with Crippen LogP contribution in [0.4, 0.5) is 0 Å². The third-order valence-corrected chi connectivity index (χ3v) is 3.91. The monoisotopic (exact) mass is 341 g/mol.